The van der Waals surface area contributed by atoms with Gasteiger partial charge in [-0.25, -0.2) is 5.14 Å². The summed E-state index contributed by atoms with van der Waals surface area (Å²) in [5, 5.41) is 6.39. The van der Waals surface area contributed by atoms with Crippen molar-refractivity contribution in [3.8, 4) is 0 Å². The van der Waals surface area contributed by atoms with Crippen LogP contribution >= 0.6 is 30.8 Å². The van der Waals surface area contributed by atoms with Gasteiger partial charge >= 0.3 is 7.60 Å². The number of fused-ring (bicyclic) bond motifs is 1. The Hall–Kier alpha value is -1.16. The number of rotatable bonds is 6. The van der Waals surface area contributed by atoms with Crippen molar-refractivity contribution in [2.24, 2.45) is 5.14 Å². The highest BCUT2D eigenvalue weighted by Gasteiger charge is 2.28. The first-order valence-corrected chi connectivity index (χ1v) is 13.0. The number of likely N-dealkylation sites (N-methyl/N-ethyl adjacent to an activating group) is 1. The van der Waals surface area contributed by atoms with Crippen LogP contribution in [0.3, 0.4) is 0 Å². The van der Waals surface area contributed by atoms with Crippen LogP contribution in [0.15, 0.2) is 36.4 Å². The first kappa shape index (κ1) is 23.5. The summed E-state index contributed by atoms with van der Waals surface area (Å²) in [4.78, 5) is 20.3. The summed E-state index contributed by atoms with van der Waals surface area (Å²) in [5.74, 6) is -0.0259. The van der Waals surface area contributed by atoms with Crippen molar-refractivity contribution in [1.82, 2.24) is 4.90 Å². The average molecular weight is 494 g/mol. The van der Waals surface area contributed by atoms with E-state index in [-0.39, 0.29) is 11.6 Å². The molecule has 4 N–H and O–H groups in total. The molecule has 12 heteroatoms. The molecule has 30 heavy (non-hydrogen) atoms. The van der Waals surface area contributed by atoms with E-state index < -0.39 is 30.5 Å². The Kier molecular flexibility index (Phi) is 6.86. The van der Waals surface area contributed by atoms with E-state index in [0.29, 0.717) is 16.6 Å². The van der Waals surface area contributed by atoms with Gasteiger partial charge in [-0.2, -0.15) is 8.42 Å². The normalized spacial score (nSPS) is 17.6. The Morgan fingerprint density at radius 2 is 1.87 bits per heavy atom. The molecule has 1 aliphatic rings. The summed E-state index contributed by atoms with van der Waals surface area (Å²) >= 11 is 12.6. The summed E-state index contributed by atoms with van der Waals surface area (Å²) < 4.78 is 35.8. The maximum Gasteiger partial charge on any atom is 0.327 e. The monoisotopic (exact) mass is 493 g/mol. The number of anilines is 1. The molecule has 2 aromatic carbocycles. The molecule has 8 nitrogen and oxygen atoms in total. The van der Waals surface area contributed by atoms with Crippen LogP contribution in [0.1, 0.15) is 22.6 Å². The molecule has 3 rings (SSSR count). The highest BCUT2D eigenvalue weighted by molar-refractivity contribution is 7.90. The minimum absolute atomic E-state index is 0.0259. The Balaban J connectivity index is 1.95. The number of benzene rings is 2. The average Bonchev–Trinajstić information content (AvgIpc) is 2.60. The second-order valence-corrected chi connectivity index (χ2v) is 11.4. The van der Waals surface area contributed by atoms with Crippen LogP contribution in [0.4, 0.5) is 5.69 Å². The van der Waals surface area contributed by atoms with Crippen molar-refractivity contribution in [2.45, 2.75) is 12.5 Å². The van der Waals surface area contributed by atoms with Gasteiger partial charge in [0.15, 0.2) is 0 Å². The summed E-state index contributed by atoms with van der Waals surface area (Å²) in [7, 11) is -6.60. The highest BCUT2D eigenvalue weighted by Crippen LogP contribution is 2.39. The fourth-order valence-electron chi connectivity index (χ4n) is 3.63. The van der Waals surface area contributed by atoms with Crippen LogP contribution in [0, 0.1) is 0 Å². The van der Waals surface area contributed by atoms with Gasteiger partial charge in [-0.3, -0.25) is 8.87 Å². The van der Waals surface area contributed by atoms with Crippen LogP contribution in [0.5, 0.6) is 0 Å². The number of hydrogen-bond donors (Lipinski definition) is 3. The zero-order chi connectivity index (χ0) is 22.3. The maximum absolute atomic E-state index is 11.9. The number of hydrogen-bond acceptors (Lipinski definition) is 4. The molecule has 1 aliphatic heterocycles. The fraction of sp³-hybridized carbons (Fsp3) is 0.333. The van der Waals surface area contributed by atoms with Gasteiger partial charge < -0.3 is 14.7 Å². The zero-order valence-corrected chi connectivity index (χ0v) is 19.3. The Bertz CT molecular complexity index is 1090. The highest BCUT2D eigenvalue weighted by atomic mass is 35.5. The summed E-state index contributed by atoms with van der Waals surface area (Å²) in [6.45, 7) is 0.990. The smallest absolute Gasteiger partial charge is 0.324 e. The van der Waals surface area contributed by atoms with E-state index in [9.17, 15) is 13.0 Å². The predicted octanol–water partition coefficient (Wildman–Crippen LogP) is 2.76. The molecule has 0 saturated carbocycles. The van der Waals surface area contributed by atoms with Gasteiger partial charge in [0.1, 0.15) is 0 Å². The molecule has 0 bridgehead atoms. The molecule has 1 unspecified atom stereocenters. The standard InChI is InChI=1S/C18H22Cl2N3O5PS/c1-22-10-16(15-8-13(19)9-18(20)17(15)11-22)12-2-4-14(5-3-12)23(30(21,27)28)6-7-29(24,25)26/h2-5,8-9,16H,6-7,10-11H2,1H3,(H2,21,27,28)(H2,24,25,26). The largest absolute Gasteiger partial charge is 0.327 e. The second kappa shape index (κ2) is 8.76. The van der Waals surface area contributed by atoms with E-state index in [1.54, 1.807) is 30.3 Å². The molecular formula is C18H22Cl2N3O5PS. The number of halogens is 2. The predicted molar refractivity (Wildman–Crippen MR) is 118 cm³/mol. The van der Waals surface area contributed by atoms with Gasteiger partial charge in [-0.1, -0.05) is 35.3 Å². The van der Waals surface area contributed by atoms with Gasteiger partial charge in [0.05, 0.1) is 11.8 Å². The molecule has 0 aliphatic carbocycles. The van der Waals surface area contributed by atoms with Gasteiger partial charge in [0.25, 0.3) is 10.2 Å². The van der Waals surface area contributed by atoms with Crippen LogP contribution in [0.2, 0.25) is 10.0 Å². The quantitative estimate of drug-likeness (QED) is 0.531. The summed E-state index contributed by atoms with van der Waals surface area (Å²) in [6, 6.07) is 10.3. The van der Waals surface area contributed by atoms with E-state index in [4.69, 9.17) is 38.1 Å². The van der Waals surface area contributed by atoms with Gasteiger partial charge in [-0.15, -0.1) is 0 Å². The third-order valence-electron chi connectivity index (χ3n) is 4.98. The molecule has 0 aromatic heterocycles. The van der Waals surface area contributed by atoms with E-state index in [0.717, 1.165) is 27.5 Å². The Morgan fingerprint density at radius 3 is 2.43 bits per heavy atom. The Morgan fingerprint density at radius 1 is 1.23 bits per heavy atom. The second-order valence-electron chi connectivity index (χ2n) is 7.30. The Labute approximate surface area is 185 Å². The zero-order valence-electron chi connectivity index (χ0n) is 16.1. The molecule has 0 spiro atoms. The lowest BCUT2D eigenvalue weighted by molar-refractivity contribution is 0.295. The molecule has 0 saturated heterocycles. The summed E-state index contributed by atoms with van der Waals surface area (Å²) in [5.41, 5.74) is 3.16. The molecule has 164 valence electrons. The number of nitrogens with zero attached hydrogens (tertiary/aromatic N) is 2. The third-order valence-corrected chi connectivity index (χ3v) is 7.32. The first-order valence-electron chi connectivity index (χ1n) is 8.96. The number of nitrogens with two attached hydrogens (primary N) is 1. The minimum atomic E-state index is -4.39. The van der Waals surface area contributed by atoms with Crippen molar-refractivity contribution in [3.63, 3.8) is 0 Å². The lowest BCUT2D eigenvalue weighted by Gasteiger charge is -2.33. The SMILES string of the molecule is CN1Cc2c(Cl)cc(Cl)cc2C(c2ccc(N(CCP(=O)(O)O)S(N)(=O)=O)cc2)C1. The maximum atomic E-state index is 11.9. The molecule has 0 fully saturated rings. The van der Waals surface area contributed by atoms with E-state index >= 15 is 0 Å². The van der Waals surface area contributed by atoms with E-state index in [1.807, 2.05) is 13.1 Å². The summed E-state index contributed by atoms with van der Waals surface area (Å²) in [6.07, 6.45) is -0.636. The van der Waals surface area contributed by atoms with Gasteiger partial charge in [0.2, 0.25) is 0 Å². The lowest BCUT2D eigenvalue weighted by atomic mass is 9.84. The molecule has 0 amide bonds. The van der Waals surface area contributed by atoms with E-state index in [2.05, 4.69) is 4.90 Å². The van der Waals surface area contributed by atoms with Crippen molar-refractivity contribution >= 4 is 46.7 Å². The fourth-order valence-corrected chi connectivity index (χ4v) is 5.55. The minimum Gasteiger partial charge on any atom is -0.324 e. The van der Waals surface area contributed by atoms with Crippen LogP contribution in [-0.2, 0) is 21.3 Å². The van der Waals surface area contributed by atoms with Crippen molar-refractivity contribution in [1.29, 1.82) is 0 Å². The molecule has 0 radical (unpaired) electrons. The lowest BCUT2D eigenvalue weighted by Crippen LogP contribution is -2.38. The molecular weight excluding hydrogens is 472 g/mol. The van der Waals surface area contributed by atoms with Crippen LogP contribution < -0.4 is 9.44 Å². The third kappa shape index (κ3) is 5.55. The van der Waals surface area contributed by atoms with Gasteiger partial charge in [0, 0.05) is 35.6 Å². The first-order chi connectivity index (χ1) is 13.8. The molecule has 2 aromatic rings. The van der Waals surface area contributed by atoms with Crippen LogP contribution in [-0.4, -0.2) is 49.4 Å². The van der Waals surface area contributed by atoms with Crippen LogP contribution in [0.25, 0.3) is 0 Å². The van der Waals surface area contributed by atoms with Crippen molar-refractivity contribution in [2.75, 3.05) is 30.6 Å². The van der Waals surface area contributed by atoms with Crippen molar-refractivity contribution < 1.29 is 22.8 Å². The van der Waals surface area contributed by atoms with Crippen molar-refractivity contribution in [3.05, 3.63) is 63.1 Å². The topological polar surface area (TPSA) is 124 Å². The molecule has 1 atom stereocenters. The van der Waals surface area contributed by atoms with E-state index in [1.165, 1.54) is 0 Å². The van der Waals surface area contributed by atoms with Gasteiger partial charge in [-0.05, 0) is 48.0 Å². The molecule has 1 heterocycles.